The summed E-state index contributed by atoms with van der Waals surface area (Å²) in [5.74, 6) is 0. The highest BCUT2D eigenvalue weighted by Crippen LogP contribution is 2.36. The van der Waals surface area contributed by atoms with Gasteiger partial charge in [0.2, 0.25) is 0 Å². The Morgan fingerprint density at radius 1 is 1.35 bits per heavy atom. The van der Waals surface area contributed by atoms with Crippen molar-refractivity contribution in [1.82, 2.24) is 9.03 Å². The van der Waals surface area contributed by atoms with Crippen molar-refractivity contribution in [2.75, 3.05) is 26.7 Å². The van der Waals surface area contributed by atoms with Gasteiger partial charge >= 0.3 is 0 Å². The van der Waals surface area contributed by atoms with Crippen molar-refractivity contribution in [3.8, 4) is 0 Å². The van der Waals surface area contributed by atoms with Crippen molar-refractivity contribution in [3.05, 3.63) is 0 Å². The van der Waals surface area contributed by atoms with E-state index < -0.39 is 10.2 Å². The Hall–Kier alpha value is -0.170. The van der Waals surface area contributed by atoms with Gasteiger partial charge in [0.15, 0.2) is 0 Å². The molecule has 0 radical (unpaired) electrons. The molecule has 5 nitrogen and oxygen atoms in total. The van der Waals surface area contributed by atoms with E-state index in [1.807, 2.05) is 0 Å². The lowest BCUT2D eigenvalue weighted by Gasteiger charge is -2.25. The van der Waals surface area contributed by atoms with Crippen LogP contribution in [0.1, 0.15) is 39.0 Å². The van der Waals surface area contributed by atoms with Crippen LogP contribution in [0.5, 0.6) is 0 Å². The van der Waals surface area contributed by atoms with Crippen molar-refractivity contribution in [1.29, 1.82) is 0 Å². The Balaban J connectivity index is 2.43. The van der Waals surface area contributed by atoms with Crippen LogP contribution < -0.4 is 10.5 Å². The normalized spacial score (nSPS) is 20.0. The van der Waals surface area contributed by atoms with Crippen molar-refractivity contribution in [2.24, 2.45) is 11.1 Å². The second-order valence-corrected chi connectivity index (χ2v) is 7.17. The maximum absolute atomic E-state index is 11.9. The predicted octanol–water partition coefficient (Wildman–Crippen LogP) is 0.682. The molecule has 3 N–H and O–H groups in total. The molecule has 0 heterocycles. The summed E-state index contributed by atoms with van der Waals surface area (Å²) in [5.41, 5.74) is 5.51. The lowest BCUT2D eigenvalue weighted by Crippen LogP contribution is -2.43. The zero-order chi connectivity index (χ0) is 12.9. The highest BCUT2D eigenvalue weighted by molar-refractivity contribution is 7.87. The minimum Gasteiger partial charge on any atom is -0.330 e. The van der Waals surface area contributed by atoms with Crippen LogP contribution in [0.25, 0.3) is 0 Å². The summed E-state index contributed by atoms with van der Waals surface area (Å²) in [4.78, 5) is 0. The van der Waals surface area contributed by atoms with Crippen LogP contribution in [0, 0.1) is 5.41 Å². The summed E-state index contributed by atoms with van der Waals surface area (Å²) in [6, 6.07) is 0. The highest BCUT2D eigenvalue weighted by atomic mass is 32.2. The molecule has 0 atom stereocenters. The smallest absolute Gasteiger partial charge is 0.279 e. The average Bonchev–Trinajstić information content (AvgIpc) is 2.71. The maximum atomic E-state index is 11.9. The lowest BCUT2D eigenvalue weighted by atomic mass is 9.89. The molecular formula is C11H25N3O2S. The zero-order valence-corrected chi connectivity index (χ0v) is 11.7. The van der Waals surface area contributed by atoms with Gasteiger partial charge in [-0.05, 0) is 31.2 Å². The maximum Gasteiger partial charge on any atom is 0.279 e. The molecule has 102 valence electrons. The average molecular weight is 263 g/mol. The summed E-state index contributed by atoms with van der Waals surface area (Å²) in [6.45, 7) is 3.69. The molecular weight excluding hydrogens is 238 g/mol. The van der Waals surface area contributed by atoms with Crippen molar-refractivity contribution < 1.29 is 8.42 Å². The number of nitrogens with two attached hydrogens (primary N) is 1. The third-order valence-electron chi connectivity index (χ3n) is 3.58. The molecule has 0 amide bonds. The molecule has 0 saturated heterocycles. The van der Waals surface area contributed by atoms with E-state index >= 15 is 0 Å². The van der Waals surface area contributed by atoms with Crippen LogP contribution in [-0.2, 0) is 10.2 Å². The number of rotatable bonds is 7. The minimum atomic E-state index is -3.33. The van der Waals surface area contributed by atoms with Gasteiger partial charge < -0.3 is 5.73 Å². The molecule has 1 rings (SSSR count). The van der Waals surface area contributed by atoms with Crippen molar-refractivity contribution >= 4 is 10.2 Å². The van der Waals surface area contributed by atoms with Crippen LogP contribution >= 0.6 is 0 Å². The zero-order valence-electron chi connectivity index (χ0n) is 10.9. The number of hydrogen-bond donors (Lipinski definition) is 2. The second-order valence-electron chi connectivity index (χ2n) is 5.31. The first kappa shape index (κ1) is 14.9. The van der Waals surface area contributed by atoms with Gasteiger partial charge in [0.1, 0.15) is 0 Å². The van der Waals surface area contributed by atoms with Gasteiger partial charge in [-0.25, -0.2) is 4.72 Å². The first-order chi connectivity index (χ1) is 7.90. The van der Waals surface area contributed by atoms with Gasteiger partial charge in [0, 0.05) is 20.1 Å². The third-order valence-corrected chi connectivity index (χ3v) is 5.09. The fraction of sp³-hybridized carbons (Fsp3) is 1.00. The van der Waals surface area contributed by atoms with Crippen LogP contribution in [0.4, 0.5) is 0 Å². The van der Waals surface area contributed by atoms with E-state index in [0.717, 1.165) is 12.8 Å². The van der Waals surface area contributed by atoms with Gasteiger partial charge in [-0.15, -0.1) is 0 Å². The first-order valence-electron chi connectivity index (χ1n) is 6.31. The minimum absolute atomic E-state index is 0.141. The van der Waals surface area contributed by atoms with E-state index in [4.69, 9.17) is 5.73 Å². The fourth-order valence-corrected chi connectivity index (χ4v) is 3.34. The quantitative estimate of drug-likeness (QED) is 0.709. The Labute approximate surface area is 105 Å². The van der Waals surface area contributed by atoms with Gasteiger partial charge in [-0.2, -0.15) is 12.7 Å². The molecule has 0 unspecified atom stereocenters. The molecule has 17 heavy (non-hydrogen) atoms. The van der Waals surface area contributed by atoms with Gasteiger partial charge in [0.25, 0.3) is 10.2 Å². The molecule has 0 bridgehead atoms. The lowest BCUT2D eigenvalue weighted by molar-refractivity contribution is 0.330. The van der Waals surface area contributed by atoms with Crippen molar-refractivity contribution in [2.45, 2.75) is 39.0 Å². The summed E-state index contributed by atoms with van der Waals surface area (Å²) < 4.78 is 27.9. The summed E-state index contributed by atoms with van der Waals surface area (Å²) in [6.07, 6.45) is 5.33. The molecule has 1 saturated carbocycles. The number of nitrogens with zero attached hydrogens (tertiary/aromatic N) is 1. The molecule has 6 heteroatoms. The third kappa shape index (κ3) is 4.54. The molecule has 1 aliphatic carbocycles. The van der Waals surface area contributed by atoms with Gasteiger partial charge in [0.05, 0.1) is 0 Å². The van der Waals surface area contributed by atoms with Crippen LogP contribution in [0.2, 0.25) is 0 Å². The number of hydrogen-bond acceptors (Lipinski definition) is 3. The van der Waals surface area contributed by atoms with E-state index in [9.17, 15) is 8.42 Å². The topological polar surface area (TPSA) is 75.4 Å². The monoisotopic (exact) mass is 263 g/mol. The highest BCUT2D eigenvalue weighted by Gasteiger charge is 2.30. The van der Waals surface area contributed by atoms with E-state index in [2.05, 4.69) is 11.6 Å². The van der Waals surface area contributed by atoms with Crippen LogP contribution in [0.15, 0.2) is 0 Å². The van der Waals surface area contributed by atoms with Crippen molar-refractivity contribution in [3.63, 3.8) is 0 Å². The van der Waals surface area contributed by atoms with Gasteiger partial charge in [-0.1, -0.05) is 19.8 Å². The van der Waals surface area contributed by atoms with Gasteiger partial charge in [-0.3, -0.25) is 0 Å². The first-order valence-corrected chi connectivity index (χ1v) is 7.75. The summed E-state index contributed by atoms with van der Waals surface area (Å²) in [5, 5.41) is 0. The largest absolute Gasteiger partial charge is 0.330 e. The molecule has 0 spiro atoms. The Morgan fingerprint density at radius 2 is 1.94 bits per heavy atom. The summed E-state index contributed by atoms with van der Waals surface area (Å²) in [7, 11) is -1.74. The second kappa shape index (κ2) is 6.13. The van der Waals surface area contributed by atoms with Crippen LogP contribution in [-0.4, -0.2) is 39.4 Å². The molecule has 0 aliphatic heterocycles. The molecule has 1 aliphatic rings. The summed E-state index contributed by atoms with van der Waals surface area (Å²) >= 11 is 0. The standard InChI is InChI=1S/C11H25N3O2S/c1-11(6-3-4-7-11)10-13-17(15,16)14(2)9-5-8-12/h13H,3-10,12H2,1-2H3. The molecule has 1 fully saturated rings. The number of nitrogens with one attached hydrogen (secondary N) is 1. The Kier molecular flexibility index (Phi) is 5.37. The molecule has 0 aromatic heterocycles. The van der Waals surface area contributed by atoms with E-state index in [-0.39, 0.29) is 5.41 Å². The SMILES string of the molecule is CN(CCCN)S(=O)(=O)NCC1(C)CCCC1. The molecule has 0 aromatic rings. The van der Waals surface area contributed by atoms with E-state index in [1.165, 1.54) is 17.1 Å². The van der Waals surface area contributed by atoms with E-state index in [1.54, 1.807) is 7.05 Å². The Morgan fingerprint density at radius 3 is 2.47 bits per heavy atom. The molecule has 0 aromatic carbocycles. The van der Waals surface area contributed by atoms with E-state index in [0.29, 0.717) is 26.1 Å². The predicted molar refractivity (Wildman–Crippen MR) is 69.8 cm³/mol. The fourth-order valence-electron chi connectivity index (χ4n) is 2.22. The Bertz CT molecular complexity index is 324. The van der Waals surface area contributed by atoms with Crippen LogP contribution in [0.3, 0.4) is 0 Å².